The molecular formula is C15H23N3S. The van der Waals surface area contributed by atoms with Gasteiger partial charge >= 0.3 is 0 Å². The summed E-state index contributed by atoms with van der Waals surface area (Å²) >= 11 is 1.86. The van der Waals surface area contributed by atoms with Crippen molar-refractivity contribution in [1.82, 2.24) is 14.9 Å². The summed E-state index contributed by atoms with van der Waals surface area (Å²) < 4.78 is 2.11. The van der Waals surface area contributed by atoms with E-state index in [1.807, 2.05) is 23.7 Å². The van der Waals surface area contributed by atoms with Gasteiger partial charge in [-0.3, -0.25) is 0 Å². The molecule has 0 fully saturated rings. The molecule has 0 saturated heterocycles. The highest BCUT2D eigenvalue weighted by Crippen LogP contribution is 2.27. The van der Waals surface area contributed by atoms with Gasteiger partial charge < -0.3 is 9.88 Å². The molecule has 0 spiro atoms. The largest absolute Gasteiger partial charge is 0.338 e. The topological polar surface area (TPSA) is 29.9 Å². The molecule has 3 nitrogen and oxygen atoms in total. The Hall–Kier alpha value is -1.13. The minimum atomic E-state index is 0.385. The molecule has 19 heavy (non-hydrogen) atoms. The van der Waals surface area contributed by atoms with Crippen molar-refractivity contribution in [2.75, 3.05) is 6.54 Å². The van der Waals surface area contributed by atoms with Crippen molar-refractivity contribution in [3.63, 3.8) is 0 Å². The highest BCUT2D eigenvalue weighted by molar-refractivity contribution is 7.10. The van der Waals surface area contributed by atoms with E-state index in [-0.39, 0.29) is 0 Å². The van der Waals surface area contributed by atoms with Crippen LogP contribution in [0, 0.1) is 0 Å². The van der Waals surface area contributed by atoms with Crippen molar-refractivity contribution in [2.24, 2.45) is 7.05 Å². The third-order valence-electron chi connectivity index (χ3n) is 3.43. The second-order valence-corrected chi connectivity index (χ2v) is 5.78. The molecule has 0 saturated carbocycles. The van der Waals surface area contributed by atoms with Gasteiger partial charge in [-0.1, -0.05) is 13.8 Å². The van der Waals surface area contributed by atoms with Crippen molar-refractivity contribution in [3.8, 4) is 0 Å². The van der Waals surface area contributed by atoms with Crippen LogP contribution in [0.1, 0.15) is 42.6 Å². The van der Waals surface area contributed by atoms with Crippen molar-refractivity contribution >= 4 is 11.3 Å². The number of aromatic nitrogens is 2. The van der Waals surface area contributed by atoms with Crippen molar-refractivity contribution in [1.29, 1.82) is 0 Å². The number of imidazole rings is 1. The van der Waals surface area contributed by atoms with Gasteiger partial charge in [-0.15, -0.1) is 11.3 Å². The fourth-order valence-corrected chi connectivity index (χ4v) is 3.37. The van der Waals surface area contributed by atoms with Crippen molar-refractivity contribution in [3.05, 3.63) is 40.1 Å². The molecular weight excluding hydrogens is 254 g/mol. The Morgan fingerprint density at radius 1 is 1.42 bits per heavy atom. The number of rotatable bonds is 7. The van der Waals surface area contributed by atoms with E-state index in [0.717, 1.165) is 31.6 Å². The number of nitrogens with one attached hydrogen (secondary N) is 1. The molecule has 0 aliphatic rings. The maximum atomic E-state index is 4.46. The average Bonchev–Trinajstić information content (AvgIpc) is 3.03. The highest BCUT2D eigenvalue weighted by atomic mass is 32.1. The van der Waals surface area contributed by atoms with Gasteiger partial charge in [0.05, 0.1) is 0 Å². The summed E-state index contributed by atoms with van der Waals surface area (Å²) in [5, 5.41) is 5.87. The van der Waals surface area contributed by atoms with Gasteiger partial charge in [0.2, 0.25) is 0 Å². The summed E-state index contributed by atoms with van der Waals surface area (Å²) in [4.78, 5) is 5.93. The van der Waals surface area contributed by atoms with Crippen LogP contribution in [0.15, 0.2) is 23.8 Å². The van der Waals surface area contributed by atoms with Gasteiger partial charge in [0.1, 0.15) is 5.82 Å². The summed E-state index contributed by atoms with van der Waals surface area (Å²) in [6.07, 6.45) is 7.10. The normalized spacial score (nSPS) is 12.8. The summed E-state index contributed by atoms with van der Waals surface area (Å²) in [5.41, 5.74) is 1.47. The maximum Gasteiger partial charge on any atom is 0.110 e. The second kappa shape index (κ2) is 6.87. The van der Waals surface area contributed by atoms with E-state index in [1.165, 1.54) is 10.4 Å². The van der Waals surface area contributed by atoms with E-state index in [9.17, 15) is 0 Å². The first-order valence-electron chi connectivity index (χ1n) is 7.02. The molecule has 2 rings (SSSR count). The lowest BCUT2D eigenvalue weighted by atomic mass is 10.1. The zero-order chi connectivity index (χ0) is 13.7. The molecule has 0 bridgehead atoms. The van der Waals surface area contributed by atoms with E-state index in [1.54, 1.807) is 0 Å². The number of hydrogen-bond acceptors (Lipinski definition) is 3. The van der Waals surface area contributed by atoms with Gasteiger partial charge in [0, 0.05) is 36.8 Å². The third-order valence-corrected chi connectivity index (χ3v) is 4.50. The second-order valence-electron chi connectivity index (χ2n) is 4.83. The number of aryl methyl sites for hydroxylation is 2. The van der Waals surface area contributed by atoms with Gasteiger partial charge in [0.25, 0.3) is 0 Å². The average molecular weight is 277 g/mol. The lowest BCUT2D eigenvalue weighted by Gasteiger charge is -2.18. The molecule has 0 amide bonds. The molecule has 0 radical (unpaired) electrons. The van der Waals surface area contributed by atoms with Gasteiger partial charge in [-0.25, -0.2) is 4.98 Å². The Labute approximate surface area is 119 Å². The molecule has 104 valence electrons. The van der Waals surface area contributed by atoms with Crippen molar-refractivity contribution in [2.45, 2.75) is 39.2 Å². The molecule has 2 heterocycles. The lowest BCUT2D eigenvalue weighted by molar-refractivity contribution is 0.516. The van der Waals surface area contributed by atoms with Crippen LogP contribution in [0.5, 0.6) is 0 Å². The van der Waals surface area contributed by atoms with Crippen LogP contribution in [0.25, 0.3) is 0 Å². The van der Waals surface area contributed by atoms with Crippen LogP contribution in [0.3, 0.4) is 0 Å². The summed E-state index contributed by atoms with van der Waals surface area (Å²) in [7, 11) is 2.06. The molecule has 0 aromatic carbocycles. The Morgan fingerprint density at radius 2 is 2.26 bits per heavy atom. The van der Waals surface area contributed by atoms with Crippen LogP contribution in [-0.4, -0.2) is 16.1 Å². The molecule has 2 aromatic rings. The van der Waals surface area contributed by atoms with Crippen LogP contribution < -0.4 is 5.32 Å². The Bertz CT molecular complexity index is 501. The smallest absolute Gasteiger partial charge is 0.110 e. The predicted molar refractivity (Wildman–Crippen MR) is 81.6 cm³/mol. The standard InChI is InChI=1S/C15H23N3S/c1-4-7-16-13(11-14-17-8-9-18(14)3)15-12(5-2)6-10-19-15/h6,8-10,13,16H,4-5,7,11H2,1-3H3. The van der Waals surface area contributed by atoms with E-state index >= 15 is 0 Å². The van der Waals surface area contributed by atoms with Crippen LogP contribution in [0.2, 0.25) is 0 Å². The first kappa shape index (κ1) is 14.3. The van der Waals surface area contributed by atoms with Gasteiger partial charge in [0.15, 0.2) is 0 Å². The van der Waals surface area contributed by atoms with Gasteiger partial charge in [-0.05, 0) is 36.4 Å². The first-order chi connectivity index (χ1) is 9.26. The minimum Gasteiger partial charge on any atom is -0.338 e. The first-order valence-corrected chi connectivity index (χ1v) is 7.90. The molecule has 2 aromatic heterocycles. The number of nitrogens with zero attached hydrogens (tertiary/aromatic N) is 2. The number of hydrogen-bond donors (Lipinski definition) is 1. The Morgan fingerprint density at radius 3 is 2.89 bits per heavy atom. The Balaban J connectivity index is 2.18. The van der Waals surface area contributed by atoms with E-state index in [2.05, 4.69) is 47.2 Å². The van der Waals surface area contributed by atoms with Crippen LogP contribution in [0.4, 0.5) is 0 Å². The fraction of sp³-hybridized carbons (Fsp3) is 0.533. The quantitative estimate of drug-likeness (QED) is 0.841. The predicted octanol–water partition coefficient (Wildman–Crippen LogP) is 3.33. The molecule has 0 aliphatic heterocycles. The third kappa shape index (κ3) is 3.45. The molecule has 4 heteroatoms. The minimum absolute atomic E-state index is 0.385. The van der Waals surface area contributed by atoms with Gasteiger partial charge in [-0.2, -0.15) is 0 Å². The summed E-state index contributed by atoms with van der Waals surface area (Å²) in [5.74, 6) is 1.14. The maximum absolute atomic E-state index is 4.46. The fourth-order valence-electron chi connectivity index (χ4n) is 2.30. The zero-order valence-electron chi connectivity index (χ0n) is 12.0. The Kier molecular flexibility index (Phi) is 5.16. The van der Waals surface area contributed by atoms with E-state index in [0.29, 0.717) is 6.04 Å². The highest BCUT2D eigenvalue weighted by Gasteiger charge is 2.17. The van der Waals surface area contributed by atoms with Crippen LogP contribution >= 0.6 is 11.3 Å². The summed E-state index contributed by atoms with van der Waals surface area (Å²) in [6, 6.07) is 2.63. The molecule has 1 N–H and O–H groups in total. The van der Waals surface area contributed by atoms with E-state index < -0.39 is 0 Å². The number of thiophene rings is 1. The van der Waals surface area contributed by atoms with Crippen molar-refractivity contribution < 1.29 is 0 Å². The molecule has 1 atom stereocenters. The van der Waals surface area contributed by atoms with E-state index in [4.69, 9.17) is 0 Å². The van der Waals surface area contributed by atoms with Crippen LogP contribution in [-0.2, 0) is 19.9 Å². The lowest BCUT2D eigenvalue weighted by Crippen LogP contribution is -2.25. The summed E-state index contributed by atoms with van der Waals surface area (Å²) in [6.45, 7) is 5.49. The zero-order valence-corrected chi connectivity index (χ0v) is 12.8. The molecule has 0 aliphatic carbocycles. The molecule has 1 unspecified atom stereocenters. The SMILES string of the molecule is CCCNC(Cc1nccn1C)c1sccc1CC. The monoisotopic (exact) mass is 277 g/mol.